The third-order valence-electron chi connectivity index (χ3n) is 8.33. The topological polar surface area (TPSA) is 63.5 Å². The number of imidazole rings is 1. The Balaban J connectivity index is 0.00000158. The van der Waals surface area contributed by atoms with Gasteiger partial charge in [-0.25, -0.2) is 9.78 Å². The van der Waals surface area contributed by atoms with Gasteiger partial charge in [-0.3, -0.25) is 9.88 Å². The second-order valence-electron chi connectivity index (χ2n) is 10.7. The van der Waals surface area contributed by atoms with Crippen LogP contribution in [0.1, 0.15) is 72.6 Å². The molecule has 0 N–H and O–H groups in total. The predicted molar refractivity (Wildman–Crippen MR) is 159 cm³/mol. The maximum atomic E-state index is 12.8. The molecule has 2 aromatic heterocycles. The molecule has 1 amide bonds. The highest BCUT2D eigenvalue weighted by Gasteiger charge is 2.35. The van der Waals surface area contributed by atoms with E-state index in [2.05, 4.69) is 58.5 Å². The van der Waals surface area contributed by atoms with Crippen molar-refractivity contribution in [3.8, 4) is 12.8 Å². The molecule has 3 aliphatic rings. The van der Waals surface area contributed by atoms with E-state index in [4.69, 9.17) is 21.3 Å². The van der Waals surface area contributed by atoms with Gasteiger partial charge in [-0.2, -0.15) is 0 Å². The summed E-state index contributed by atoms with van der Waals surface area (Å²) >= 11 is 6.59. The molecular formula is C32H36ClN5O2. The van der Waals surface area contributed by atoms with Gasteiger partial charge in [-0.05, 0) is 72.2 Å². The first-order valence-corrected chi connectivity index (χ1v) is 14.3. The lowest BCUT2D eigenvalue weighted by Gasteiger charge is -2.39. The number of hydrogen-bond donors (Lipinski definition) is 0. The highest BCUT2D eigenvalue weighted by atomic mass is 35.5. The minimum absolute atomic E-state index is 0.0426. The van der Waals surface area contributed by atoms with E-state index in [1.54, 1.807) is 0 Å². The molecule has 2 fully saturated rings. The Hall–Kier alpha value is -3.60. The van der Waals surface area contributed by atoms with Crippen LogP contribution in [-0.2, 0) is 11.8 Å². The number of pyridine rings is 1. The van der Waals surface area contributed by atoms with Crippen molar-refractivity contribution >= 4 is 29.3 Å². The number of carbonyl (C=O) groups is 1. The predicted octanol–water partition coefficient (Wildman–Crippen LogP) is 6.16. The molecule has 7 nitrogen and oxygen atoms in total. The number of ether oxygens (including phenoxy) is 1. The Labute approximate surface area is 241 Å². The van der Waals surface area contributed by atoms with E-state index >= 15 is 0 Å². The van der Waals surface area contributed by atoms with Crippen molar-refractivity contribution in [2.24, 2.45) is 7.05 Å². The normalized spacial score (nSPS) is 19.9. The summed E-state index contributed by atoms with van der Waals surface area (Å²) in [4.78, 5) is 26.4. The SMILES string of the molecule is C#C.C[C@H](C1=Cc2cccnc2[C@@H](N2CCN(C(=O)OC3CCCC3)CC2)c2ccc(Cl)cc21)c1cncn1C. The number of aromatic nitrogens is 3. The standard InChI is InChI=1S/C30H34ClN5O2.C2H2/c1-20(27-18-32-19-34(27)2)25-16-21-6-5-11-33-28(21)29(24-10-9-22(31)17-26(24)25)35-12-14-36(15-13-35)30(37)38-23-7-3-4-8-23;1-2/h5-6,9-11,16-20,23,29H,3-4,7-8,12-15H2,1-2H3;1-2H/t20-,29+;/m1./s1. The fourth-order valence-electron chi connectivity index (χ4n) is 6.25. The number of carbonyl (C=O) groups excluding carboxylic acids is 1. The molecule has 6 rings (SSSR count). The number of benzene rings is 1. The van der Waals surface area contributed by atoms with Crippen molar-refractivity contribution in [1.82, 2.24) is 24.3 Å². The number of aryl methyl sites for hydroxylation is 1. The summed E-state index contributed by atoms with van der Waals surface area (Å²) in [6.45, 7) is 4.99. The van der Waals surface area contributed by atoms with Crippen LogP contribution in [-0.4, -0.2) is 62.7 Å². The van der Waals surface area contributed by atoms with Gasteiger partial charge in [0.05, 0.1) is 18.1 Å². The first-order chi connectivity index (χ1) is 19.5. The Morgan fingerprint density at radius 2 is 1.88 bits per heavy atom. The van der Waals surface area contributed by atoms with Crippen LogP contribution in [0.25, 0.3) is 11.6 Å². The van der Waals surface area contributed by atoms with Gasteiger partial charge in [0.1, 0.15) is 6.10 Å². The van der Waals surface area contributed by atoms with Crippen LogP contribution in [0.15, 0.2) is 49.1 Å². The Bertz CT molecular complexity index is 1400. The molecule has 2 atom stereocenters. The number of piperazine rings is 1. The molecule has 1 saturated carbocycles. The summed E-state index contributed by atoms with van der Waals surface area (Å²) in [5.74, 6) is 0.105. The molecular weight excluding hydrogens is 522 g/mol. The van der Waals surface area contributed by atoms with E-state index in [0.717, 1.165) is 61.3 Å². The molecule has 3 heterocycles. The summed E-state index contributed by atoms with van der Waals surface area (Å²) in [5.41, 5.74) is 6.80. The van der Waals surface area contributed by atoms with E-state index in [0.29, 0.717) is 18.1 Å². The van der Waals surface area contributed by atoms with E-state index in [1.807, 2.05) is 42.8 Å². The highest BCUT2D eigenvalue weighted by Crippen LogP contribution is 2.44. The molecule has 1 saturated heterocycles. The first-order valence-electron chi connectivity index (χ1n) is 13.9. The van der Waals surface area contributed by atoms with Crippen molar-refractivity contribution in [2.45, 2.75) is 50.7 Å². The number of allylic oxidation sites excluding steroid dienone is 1. The van der Waals surface area contributed by atoms with Gasteiger partial charge in [0.2, 0.25) is 0 Å². The Morgan fingerprint density at radius 1 is 1.12 bits per heavy atom. The van der Waals surface area contributed by atoms with Crippen molar-refractivity contribution in [3.63, 3.8) is 0 Å². The third kappa shape index (κ3) is 5.52. The number of terminal acetylenes is 1. The molecule has 1 aliphatic heterocycles. The van der Waals surface area contributed by atoms with Gasteiger partial charge in [-0.15, -0.1) is 12.8 Å². The number of amides is 1. The van der Waals surface area contributed by atoms with E-state index in [9.17, 15) is 4.79 Å². The average Bonchev–Trinajstić information content (AvgIpc) is 3.63. The fourth-order valence-corrected chi connectivity index (χ4v) is 6.42. The number of fused-ring (bicyclic) bond motifs is 2. The Morgan fingerprint density at radius 3 is 2.58 bits per heavy atom. The van der Waals surface area contributed by atoms with E-state index in [-0.39, 0.29) is 24.2 Å². The molecule has 0 spiro atoms. The molecule has 0 unspecified atom stereocenters. The lowest BCUT2D eigenvalue weighted by atomic mass is 9.87. The number of nitrogens with zero attached hydrogens (tertiary/aromatic N) is 5. The van der Waals surface area contributed by atoms with Crippen LogP contribution >= 0.6 is 11.6 Å². The van der Waals surface area contributed by atoms with Crippen LogP contribution in [0, 0.1) is 12.8 Å². The highest BCUT2D eigenvalue weighted by molar-refractivity contribution is 6.30. The van der Waals surface area contributed by atoms with Gasteiger partial charge in [0.25, 0.3) is 0 Å². The molecule has 2 aliphatic carbocycles. The molecule has 0 bridgehead atoms. The van der Waals surface area contributed by atoms with E-state index < -0.39 is 0 Å². The number of rotatable bonds is 4. The lowest BCUT2D eigenvalue weighted by Crippen LogP contribution is -2.50. The minimum atomic E-state index is -0.169. The monoisotopic (exact) mass is 557 g/mol. The zero-order chi connectivity index (χ0) is 28.2. The maximum absolute atomic E-state index is 12.8. The molecule has 40 heavy (non-hydrogen) atoms. The summed E-state index contributed by atoms with van der Waals surface area (Å²) < 4.78 is 7.86. The second-order valence-corrected chi connectivity index (χ2v) is 11.1. The van der Waals surface area contributed by atoms with Gasteiger partial charge < -0.3 is 14.2 Å². The van der Waals surface area contributed by atoms with Crippen LogP contribution in [0.4, 0.5) is 4.79 Å². The van der Waals surface area contributed by atoms with Crippen molar-refractivity contribution in [3.05, 3.63) is 82.2 Å². The zero-order valence-electron chi connectivity index (χ0n) is 23.2. The quantitative estimate of drug-likeness (QED) is 0.359. The first kappa shape index (κ1) is 27.9. The number of halogens is 1. The number of hydrogen-bond acceptors (Lipinski definition) is 5. The van der Waals surface area contributed by atoms with Gasteiger partial charge in [-0.1, -0.05) is 30.7 Å². The maximum Gasteiger partial charge on any atom is 0.410 e. The minimum Gasteiger partial charge on any atom is -0.446 e. The van der Waals surface area contributed by atoms with E-state index in [1.165, 1.54) is 11.1 Å². The van der Waals surface area contributed by atoms with Crippen LogP contribution in [0.5, 0.6) is 0 Å². The third-order valence-corrected chi connectivity index (χ3v) is 8.57. The summed E-state index contributed by atoms with van der Waals surface area (Å²) in [7, 11) is 2.03. The largest absolute Gasteiger partial charge is 0.446 e. The summed E-state index contributed by atoms with van der Waals surface area (Å²) in [5, 5.41) is 0.712. The summed E-state index contributed by atoms with van der Waals surface area (Å²) in [6, 6.07) is 10.3. The van der Waals surface area contributed by atoms with Crippen LogP contribution in [0.2, 0.25) is 5.02 Å². The molecule has 8 heteroatoms. The van der Waals surface area contributed by atoms with Crippen molar-refractivity contribution < 1.29 is 9.53 Å². The molecule has 3 aromatic rings. The Kier molecular flexibility index (Phi) is 8.58. The van der Waals surface area contributed by atoms with Crippen molar-refractivity contribution in [1.29, 1.82) is 0 Å². The molecule has 1 aromatic carbocycles. The van der Waals surface area contributed by atoms with Gasteiger partial charge >= 0.3 is 6.09 Å². The molecule has 0 radical (unpaired) electrons. The van der Waals surface area contributed by atoms with Crippen molar-refractivity contribution in [2.75, 3.05) is 26.2 Å². The molecule has 208 valence electrons. The van der Waals surface area contributed by atoms with Crippen LogP contribution in [0.3, 0.4) is 0 Å². The summed E-state index contributed by atoms with van der Waals surface area (Å²) in [6.07, 6.45) is 20.1. The fraction of sp³-hybridized carbons (Fsp3) is 0.406. The smallest absolute Gasteiger partial charge is 0.410 e. The average molecular weight is 558 g/mol. The second kappa shape index (κ2) is 12.3. The van der Waals surface area contributed by atoms with Gasteiger partial charge in [0, 0.05) is 62.3 Å². The van der Waals surface area contributed by atoms with Gasteiger partial charge in [0.15, 0.2) is 0 Å². The van der Waals surface area contributed by atoms with Crippen LogP contribution < -0.4 is 0 Å². The lowest BCUT2D eigenvalue weighted by molar-refractivity contribution is 0.0433. The zero-order valence-corrected chi connectivity index (χ0v) is 23.9.